The monoisotopic (exact) mass is 337 g/mol. The van der Waals surface area contributed by atoms with E-state index in [2.05, 4.69) is 39.0 Å². The highest BCUT2D eigenvalue weighted by atomic mass is 35.5. The predicted molar refractivity (Wildman–Crippen MR) is 91.0 cm³/mol. The first-order valence-corrected chi connectivity index (χ1v) is 8.67. The lowest BCUT2D eigenvalue weighted by molar-refractivity contribution is 0.314. The first-order valence-electron chi connectivity index (χ1n) is 6.59. The minimum Gasteiger partial charge on any atom is -0.352 e. The van der Waals surface area contributed by atoms with Gasteiger partial charge in [0.25, 0.3) is 0 Å². The van der Waals surface area contributed by atoms with E-state index in [4.69, 9.17) is 11.6 Å². The van der Waals surface area contributed by atoms with Crippen LogP contribution in [0.5, 0.6) is 0 Å². The third-order valence-corrected chi connectivity index (χ3v) is 5.45. The molecule has 0 radical (unpaired) electrons. The third-order valence-electron chi connectivity index (χ3n) is 3.22. The molecule has 110 valence electrons. The molecule has 3 aromatic rings. The molecule has 21 heavy (non-hydrogen) atoms. The van der Waals surface area contributed by atoms with Crippen LogP contribution < -0.4 is 0 Å². The van der Waals surface area contributed by atoms with E-state index in [0.717, 1.165) is 23.1 Å². The molecular formula is C15H16ClN3S2. The summed E-state index contributed by atoms with van der Waals surface area (Å²) in [4.78, 5) is 9.31. The zero-order valence-corrected chi connectivity index (χ0v) is 14.3. The number of aromatic nitrogens is 2. The molecule has 0 aliphatic heterocycles. The van der Waals surface area contributed by atoms with E-state index in [1.54, 1.807) is 22.7 Å². The number of hydrogen-bond acceptors (Lipinski definition) is 4. The van der Waals surface area contributed by atoms with Crippen LogP contribution in [0.15, 0.2) is 36.0 Å². The summed E-state index contributed by atoms with van der Waals surface area (Å²) in [7, 11) is 4.14. The second-order valence-electron chi connectivity index (χ2n) is 5.04. The zero-order chi connectivity index (χ0) is 14.8. The molecule has 0 saturated carbocycles. The van der Waals surface area contributed by atoms with Crippen LogP contribution in [0.2, 0.25) is 5.02 Å². The first kappa shape index (κ1) is 14.8. The third kappa shape index (κ3) is 3.55. The Bertz CT molecular complexity index is 715. The van der Waals surface area contributed by atoms with E-state index in [-0.39, 0.29) is 0 Å². The quantitative estimate of drug-likeness (QED) is 0.683. The second kappa shape index (κ2) is 6.32. The maximum absolute atomic E-state index is 6.02. The molecule has 0 atom stereocenters. The molecule has 3 heterocycles. The van der Waals surface area contributed by atoms with Crippen molar-refractivity contribution in [3.8, 4) is 9.88 Å². The van der Waals surface area contributed by atoms with Crippen LogP contribution in [0.25, 0.3) is 9.88 Å². The van der Waals surface area contributed by atoms with Gasteiger partial charge in [-0.25, -0.2) is 4.98 Å². The molecule has 0 bridgehead atoms. The van der Waals surface area contributed by atoms with Crippen molar-refractivity contribution in [2.24, 2.45) is 7.05 Å². The average molecular weight is 338 g/mol. The largest absolute Gasteiger partial charge is 0.352 e. The van der Waals surface area contributed by atoms with Crippen LogP contribution in [-0.4, -0.2) is 21.5 Å². The Morgan fingerprint density at radius 2 is 2.24 bits per heavy atom. The standard InChI is InChI=1S/C15H16ClN3S2/c1-18(9-12-6-11(16)8-19(12)2)10-13-7-17-15(21-13)14-4-3-5-20-14/h3-8H,9-10H2,1-2H3. The molecule has 3 nitrogen and oxygen atoms in total. The smallest absolute Gasteiger partial charge is 0.133 e. The number of hydrogen-bond donors (Lipinski definition) is 0. The lowest BCUT2D eigenvalue weighted by Crippen LogP contribution is -2.18. The maximum Gasteiger partial charge on any atom is 0.133 e. The van der Waals surface area contributed by atoms with Gasteiger partial charge in [-0.1, -0.05) is 17.7 Å². The first-order chi connectivity index (χ1) is 10.1. The van der Waals surface area contributed by atoms with Crippen molar-refractivity contribution in [1.82, 2.24) is 14.5 Å². The fraction of sp³-hybridized carbons (Fsp3) is 0.267. The number of aryl methyl sites for hydroxylation is 1. The van der Waals surface area contributed by atoms with E-state index in [1.165, 1.54) is 15.4 Å². The van der Waals surface area contributed by atoms with Gasteiger partial charge in [0.15, 0.2) is 0 Å². The summed E-state index contributed by atoms with van der Waals surface area (Å²) in [5.41, 5.74) is 1.21. The Kier molecular flexibility index (Phi) is 4.45. The Morgan fingerprint density at radius 1 is 1.38 bits per heavy atom. The lowest BCUT2D eigenvalue weighted by atomic mass is 10.4. The van der Waals surface area contributed by atoms with Gasteiger partial charge in [0.05, 0.1) is 9.90 Å². The van der Waals surface area contributed by atoms with Gasteiger partial charge in [-0.2, -0.15) is 0 Å². The Morgan fingerprint density at radius 3 is 2.90 bits per heavy atom. The van der Waals surface area contributed by atoms with Crippen molar-refractivity contribution in [3.05, 3.63) is 51.6 Å². The normalized spacial score (nSPS) is 11.4. The minimum absolute atomic E-state index is 0.790. The Labute approximate surface area is 137 Å². The van der Waals surface area contributed by atoms with E-state index < -0.39 is 0 Å². The van der Waals surface area contributed by atoms with Crippen molar-refractivity contribution in [3.63, 3.8) is 0 Å². The summed E-state index contributed by atoms with van der Waals surface area (Å²) in [6, 6.07) is 6.19. The van der Waals surface area contributed by atoms with Gasteiger partial charge in [0, 0.05) is 43.1 Å². The van der Waals surface area contributed by atoms with Crippen LogP contribution in [0.1, 0.15) is 10.6 Å². The Balaban J connectivity index is 1.65. The molecule has 0 aliphatic carbocycles. The topological polar surface area (TPSA) is 21.1 Å². The van der Waals surface area contributed by atoms with Gasteiger partial charge in [0.1, 0.15) is 5.01 Å². The molecule has 3 rings (SSSR count). The molecule has 0 aromatic carbocycles. The van der Waals surface area contributed by atoms with E-state index in [0.29, 0.717) is 0 Å². The molecule has 6 heteroatoms. The SMILES string of the molecule is CN(Cc1cnc(-c2cccs2)s1)Cc1cc(Cl)cn1C. The average Bonchev–Trinajstić information content (AvgIpc) is 3.11. The zero-order valence-electron chi connectivity index (χ0n) is 11.9. The maximum atomic E-state index is 6.02. The lowest BCUT2D eigenvalue weighted by Gasteiger charge is -2.15. The number of thiophene rings is 1. The van der Waals surface area contributed by atoms with Crippen LogP contribution in [0.3, 0.4) is 0 Å². The molecule has 0 N–H and O–H groups in total. The molecule has 0 saturated heterocycles. The van der Waals surface area contributed by atoms with Crippen LogP contribution in [0.4, 0.5) is 0 Å². The highest BCUT2D eigenvalue weighted by Gasteiger charge is 2.10. The molecule has 0 amide bonds. The summed E-state index contributed by atoms with van der Waals surface area (Å²) in [5, 5.41) is 3.98. The predicted octanol–water partition coefficient (Wildman–Crippen LogP) is 4.50. The van der Waals surface area contributed by atoms with Crippen LogP contribution in [-0.2, 0) is 20.1 Å². The minimum atomic E-state index is 0.790. The molecule has 0 aliphatic rings. The van der Waals surface area contributed by atoms with Gasteiger partial charge < -0.3 is 4.57 Å². The van der Waals surface area contributed by atoms with E-state index in [9.17, 15) is 0 Å². The van der Waals surface area contributed by atoms with Gasteiger partial charge in [-0.3, -0.25) is 4.90 Å². The summed E-state index contributed by atoms with van der Waals surface area (Å²) in [6.45, 7) is 1.77. The second-order valence-corrected chi connectivity index (χ2v) is 7.54. The summed E-state index contributed by atoms with van der Waals surface area (Å²) < 4.78 is 2.07. The summed E-state index contributed by atoms with van der Waals surface area (Å²) >= 11 is 9.52. The molecule has 0 fully saturated rings. The van der Waals surface area contributed by atoms with Gasteiger partial charge >= 0.3 is 0 Å². The van der Waals surface area contributed by atoms with Crippen molar-refractivity contribution < 1.29 is 0 Å². The Hall–Kier alpha value is -1.14. The van der Waals surface area contributed by atoms with Crippen molar-refractivity contribution >= 4 is 34.3 Å². The van der Waals surface area contributed by atoms with Crippen molar-refractivity contribution in [2.75, 3.05) is 7.05 Å². The molecule has 0 unspecified atom stereocenters. The summed E-state index contributed by atoms with van der Waals surface area (Å²) in [6.07, 6.45) is 3.92. The molecule has 3 aromatic heterocycles. The highest BCUT2D eigenvalue weighted by molar-refractivity contribution is 7.20. The number of thiazole rings is 1. The van der Waals surface area contributed by atoms with Crippen molar-refractivity contribution in [1.29, 1.82) is 0 Å². The van der Waals surface area contributed by atoms with Crippen LogP contribution in [0, 0.1) is 0 Å². The van der Waals surface area contributed by atoms with E-state index >= 15 is 0 Å². The van der Waals surface area contributed by atoms with Crippen molar-refractivity contribution in [2.45, 2.75) is 13.1 Å². The number of nitrogens with zero attached hydrogens (tertiary/aromatic N) is 3. The summed E-state index contributed by atoms with van der Waals surface area (Å²) in [5.74, 6) is 0. The van der Waals surface area contributed by atoms with Gasteiger partial charge in [0.2, 0.25) is 0 Å². The fourth-order valence-electron chi connectivity index (χ4n) is 2.22. The molecule has 0 spiro atoms. The highest BCUT2D eigenvalue weighted by Crippen LogP contribution is 2.29. The number of rotatable bonds is 5. The molecular weight excluding hydrogens is 322 g/mol. The van der Waals surface area contributed by atoms with E-state index in [1.807, 2.05) is 25.5 Å². The fourth-order valence-corrected chi connectivity index (χ4v) is 4.29. The van der Waals surface area contributed by atoms with Gasteiger partial charge in [-0.15, -0.1) is 22.7 Å². The van der Waals surface area contributed by atoms with Crippen LogP contribution >= 0.6 is 34.3 Å². The van der Waals surface area contributed by atoms with Gasteiger partial charge in [-0.05, 0) is 24.6 Å². The number of halogens is 1.